The van der Waals surface area contributed by atoms with Gasteiger partial charge in [0.25, 0.3) is 5.91 Å². The summed E-state index contributed by atoms with van der Waals surface area (Å²) >= 11 is 9.14. The van der Waals surface area contributed by atoms with E-state index in [2.05, 4.69) is 31.8 Å². The molecule has 0 aliphatic carbocycles. The van der Waals surface area contributed by atoms with Gasteiger partial charge in [0.05, 0.1) is 24.3 Å². The third-order valence-corrected chi connectivity index (χ3v) is 3.76. The van der Waals surface area contributed by atoms with E-state index in [9.17, 15) is 9.90 Å². The fraction of sp³-hybridized carbons (Fsp3) is 0.125. The monoisotopic (exact) mass is 411 g/mol. The molecule has 2 rings (SSSR count). The smallest absolute Gasteiger partial charge is 0.259 e. The summed E-state index contributed by atoms with van der Waals surface area (Å²) in [4.78, 5) is 11.7. The molecule has 0 aromatic heterocycles. The molecule has 0 unspecified atom stereocenters. The molecule has 0 saturated heterocycles. The van der Waals surface area contributed by atoms with Crippen molar-refractivity contribution in [2.75, 3.05) is 19.0 Å². The highest BCUT2D eigenvalue weighted by Gasteiger charge is 2.08. The molecule has 8 heteroatoms. The molecule has 24 heavy (non-hydrogen) atoms. The highest BCUT2D eigenvalue weighted by molar-refractivity contribution is 9.10. The van der Waals surface area contributed by atoms with Gasteiger partial charge >= 0.3 is 0 Å². The van der Waals surface area contributed by atoms with Crippen LogP contribution in [0.1, 0.15) is 5.56 Å². The van der Waals surface area contributed by atoms with E-state index in [1.165, 1.54) is 19.4 Å². The summed E-state index contributed by atoms with van der Waals surface area (Å²) in [6, 6.07) is 10.2. The van der Waals surface area contributed by atoms with E-state index in [0.717, 1.165) is 5.69 Å². The molecular formula is C16H15BrClN3O3. The van der Waals surface area contributed by atoms with Crippen LogP contribution in [-0.2, 0) is 4.79 Å². The maximum atomic E-state index is 11.7. The number of carbonyl (C=O) groups excluding carboxylic acids is 1. The van der Waals surface area contributed by atoms with E-state index in [0.29, 0.717) is 20.8 Å². The number of ether oxygens (including phenoxy) is 1. The van der Waals surface area contributed by atoms with Crippen molar-refractivity contribution in [2.45, 2.75) is 0 Å². The van der Waals surface area contributed by atoms with E-state index >= 15 is 0 Å². The van der Waals surface area contributed by atoms with Gasteiger partial charge in [0.15, 0.2) is 11.5 Å². The van der Waals surface area contributed by atoms with Gasteiger partial charge in [0.2, 0.25) is 0 Å². The lowest BCUT2D eigenvalue weighted by Gasteiger charge is -2.07. The minimum absolute atomic E-state index is 0.0257. The number of nitrogens with one attached hydrogen (secondary N) is 2. The van der Waals surface area contributed by atoms with Gasteiger partial charge in [-0.05, 0) is 51.8 Å². The van der Waals surface area contributed by atoms with E-state index in [1.807, 2.05) is 0 Å². The van der Waals surface area contributed by atoms with Crippen LogP contribution in [0, 0.1) is 0 Å². The molecule has 0 heterocycles. The standard InChI is InChI=1S/C16H15BrClN3O3/c1-24-16-13(17)5-10(6-14(16)22)8-20-21-15(23)9-19-12-4-2-3-11(18)7-12/h2-8,19,22H,9H2,1H3,(H,21,23)/b20-8+. The van der Waals surface area contributed by atoms with Crippen LogP contribution in [0.5, 0.6) is 11.5 Å². The van der Waals surface area contributed by atoms with Crippen LogP contribution in [0.2, 0.25) is 5.02 Å². The van der Waals surface area contributed by atoms with Crippen LogP contribution in [-0.4, -0.2) is 30.9 Å². The number of phenols is 1. The zero-order valence-electron chi connectivity index (χ0n) is 12.7. The summed E-state index contributed by atoms with van der Waals surface area (Å²) in [6.45, 7) is 0.0508. The van der Waals surface area contributed by atoms with Crippen LogP contribution in [0.25, 0.3) is 0 Å². The predicted molar refractivity (Wildman–Crippen MR) is 98.0 cm³/mol. The first kappa shape index (κ1) is 18.1. The van der Waals surface area contributed by atoms with Gasteiger partial charge < -0.3 is 15.2 Å². The number of phenolic OH excluding ortho intramolecular Hbond substituents is 1. The summed E-state index contributed by atoms with van der Waals surface area (Å²) in [7, 11) is 1.46. The zero-order valence-corrected chi connectivity index (χ0v) is 15.1. The molecule has 6 nitrogen and oxygen atoms in total. The van der Waals surface area contributed by atoms with Crippen LogP contribution >= 0.6 is 27.5 Å². The highest BCUT2D eigenvalue weighted by atomic mass is 79.9. The summed E-state index contributed by atoms with van der Waals surface area (Å²) in [5.41, 5.74) is 3.73. The fourth-order valence-corrected chi connectivity index (χ4v) is 2.69. The highest BCUT2D eigenvalue weighted by Crippen LogP contribution is 2.34. The van der Waals surface area contributed by atoms with Crippen molar-refractivity contribution in [1.82, 2.24) is 5.43 Å². The second-order valence-corrected chi connectivity index (χ2v) is 6.00. The molecule has 2 aromatic rings. The number of hydrogen-bond donors (Lipinski definition) is 3. The lowest BCUT2D eigenvalue weighted by atomic mass is 10.2. The van der Waals surface area contributed by atoms with Crippen molar-refractivity contribution < 1.29 is 14.6 Å². The Morgan fingerprint density at radius 3 is 2.88 bits per heavy atom. The normalized spacial score (nSPS) is 10.6. The molecule has 3 N–H and O–H groups in total. The number of nitrogens with zero attached hydrogens (tertiary/aromatic N) is 1. The third-order valence-electron chi connectivity index (χ3n) is 2.93. The molecule has 2 aromatic carbocycles. The van der Waals surface area contributed by atoms with Crippen molar-refractivity contribution >= 4 is 45.3 Å². The Morgan fingerprint density at radius 2 is 2.21 bits per heavy atom. The Morgan fingerprint density at radius 1 is 1.42 bits per heavy atom. The number of anilines is 1. The van der Waals surface area contributed by atoms with Gasteiger partial charge in [-0.3, -0.25) is 4.79 Å². The van der Waals surface area contributed by atoms with Gasteiger partial charge in [-0.15, -0.1) is 0 Å². The molecule has 0 bridgehead atoms. The SMILES string of the molecule is COc1c(O)cc(/C=N/NC(=O)CNc2cccc(Cl)c2)cc1Br. The van der Waals surface area contributed by atoms with Crippen molar-refractivity contribution in [3.63, 3.8) is 0 Å². The van der Waals surface area contributed by atoms with E-state index in [4.69, 9.17) is 16.3 Å². The van der Waals surface area contributed by atoms with Gasteiger partial charge in [-0.1, -0.05) is 17.7 Å². The molecule has 0 saturated carbocycles. The first-order valence-corrected chi connectivity index (χ1v) is 8.04. The molecule has 0 atom stereocenters. The number of halogens is 2. The number of amides is 1. The fourth-order valence-electron chi connectivity index (χ4n) is 1.88. The average Bonchev–Trinajstić information content (AvgIpc) is 2.53. The number of rotatable bonds is 6. The zero-order chi connectivity index (χ0) is 17.5. The average molecular weight is 413 g/mol. The topological polar surface area (TPSA) is 83.0 Å². The van der Waals surface area contributed by atoms with Crippen molar-refractivity contribution in [3.05, 3.63) is 51.5 Å². The van der Waals surface area contributed by atoms with Crippen LogP contribution in [0.3, 0.4) is 0 Å². The summed E-state index contributed by atoms with van der Waals surface area (Å²) < 4.78 is 5.61. The van der Waals surface area contributed by atoms with Gasteiger partial charge in [-0.2, -0.15) is 5.10 Å². The number of methoxy groups -OCH3 is 1. The number of carbonyl (C=O) groups is 1. The second-order valence-electron chi connectivity index (χ2n) is 4.71. The summed E-state index contributed by atoms with van der Waals surface area (Å²) in [6.07, 6.45) is 1.42. The number of hydrogen-bond acceptors (Lipinski definition) is 5. The Bertz CT molecular complexity index is 745. The van der Waals surface area contributed by atoms with Crippen molar-refractivity contribution in [3.8, 4) is 11.5 Å². The number of hydrazone groups is 1. The van der Waals surface area contributed by atoms with Crippen molar-refractivity contribution in [2.24, 2.45) is 5.10 Å². The van der Waals surface area contributed by atoms with Gasteiger partial charge in [0, 0.05) is 10.7 Å². The maximum absolute atomic E-state index is 11.7. The molecule has 126 valence electrons. The Labute approximate surface area is 152 Å². The van der Waals surface area contributed by atoms with E-state index < -0.39 is 0 Å². The predicted octanol–water partition coefficient (Wildman–Crippen LogP) is 3.38. The Balaban J connectivity index is 1.88. The van der Waals surface area contributed by atoms with Gasteiger partial charge in [-0.25, -0.2) is 5.43 Å². The molecule has 0 aliphatic rings. The summed E-state index contributed by atoms with van der Waals surface area (Å²) in [5, 5.41) is 17.2. The van der Waals surface area contributed by atoms with Crippen LogP contribution < -0.4 is 15.5 Å². The second kappa shape index (κ2) is 8.56. The Hall–Kier alpha value is -2.25. The minimum Gasteiger partial charge on any atom is -0.504 e. The van der Waals surface area contributed by atoms with Crippen molar-refractivity contribution in [1.29, 1.82) is 0 Å². The molecule has 0 radical (unpaired) electrons. The minimum atomic E-state index is -0.317. The first-order valence-electron chi connectivity index (χ1n) is 6.87. The molecule has 0 aliphatic heterocycles. The lowest BCUT2D eigenvalue weighted by Crippen LogP contribution is -2.25. The molecule has 0 spiro atoms. The molecule has 1 amide bonds. The maximum Gasteiger partial charge on any atom is 0.259 e. The van der Waals surface area contributed by atoms with E-state index in [-0.39, 0.29) is 18.2 Å². The third kappa shape index (κ3) is 5.14. The first-order chi connectivity index (χ1) is 11.5. The molecule has 0 fully saturated rings. The lowest BCUT2D eigenvalue weighted by molar-refractivity contribution is -0.119. The number of aromatic hydroxyl groups is 1. The van der Waals surface area contributed by atoms with Gasteiger partial charge in [0.1, 0.15) is 0 Å². The van der Waals surface area contributed by atoms with Crippen LogP contribution in [0.15, 0.2) is 46.0 Å². The number of benzene rings is 2. The largest absolute Gasteiger partial charge is 0.504 e. The Kier molecular flexibility index (Phi) is 6.45. The molecular weight excluding hydrogens is 398 g/mol. The quantitative estimate of drug-likeness (QED) is 0.502. The summed E-state index contributed by atoms with van der Waals surface area (Å²) in [5.74, 6) is -0.00722. The van der Waals surface area contributed by atoms with E-state index in [1.54, 1.807) is 30.3 Å². The van der Waals surface area contributed by atoms with Crippen LogP contribution in [0.4, 0.5) is 5.69 Å².